The zero-order valence-electron chi connectivity index (χ0n) is 14.3. The zero-order valence-corrected chi connectivity index (χ0v) is 14.3. The van der Waals surface area contributed by atoms with Gasteiger partial charge >= 0.3 is 5.97 Å². The molecule has 0 saturated carbocycles. The highest BCUT2D eigenvalue weighted by molar-refractivity contribution is 5.95. The van der Waals surface area contributed by atoms with Crippen molar-refractivity contribution < 1.29 is 19.1 Å². The highest BCUT2D eigenvalue weighted by Crippen LogP contribution is 2.19. The minimum atomic E-state index is -0.447. The second kappa shape index (κ2) is 7.64. The predicted molar refractivity (Wildman–Crippen MR) is 92.6 cm³/mol. The Morgan fingerprint density at radius 1 is 0.958 bits per heavy atom. The Kier molecular flexibility index (Phi) is 5.58. The van der Waals surface area contributed by atoms with Crippen molar-refractivity contribution >= 4 is 17.6 Å². The highest BCUT2D eigenvalue weighted by Gasteiger charge is 2.11. The molecule has 0 aromatic heterocycles. The van der Waals surface area contributed by atoms with Gasteiger partial charge in [-0.25, -0.2) is 4.79 Å². The van der Waals surface area contributed by atoms with Gasteiger partial charge in [-0.3, -0.25) is 4.79 Å². The van der Waals surface area contributed by atoms with Crippen molar-refractivity contribution in [1.82, 2.24) is 0 Å². The van der Waals surface area contributed by atoms with Gasteiger partial charge in [0.1, 0.15) is 5.75 Å². The molecular formula is C19H21NO4. The number of carbonyl (C=O) groups is 2. The van der Waals surface area contributed by atoms with Gasteiger partial charge in [-0.05, 0) is 61.7 Å². The van der Waals surface area contributed by atoms with Gasteiger partial charge in [0.15, 0.2) is 6.61 Å². The van der Waals surface area contributed by atoms with Crippen LogP contribution < -0.4 is 10.1 Å². The number of esters is 1. The molecule has 2 aromatic rings. The number of anilines is 1. The molecule has 2 aromatic carbocycles. The van der Waals surface area contributed by atoms with Gasteiger partial charge in [-0.1, -0.05) is 12.1 Å². The maximum absolute atomic E-state index is 12.1. The summed E-state index contributed by atoms with van der Waals surface area (Å²) in [7, 11) is 1.32. The SMILES string of the molecule is COC(=O)c1ccc(C)c(NC(=O)COc2ccc(C)c(C)c2)c1. The number of hydrogen-bond acceptors (Lipinski definition) is 4. The standard InChI is InChI=1S/C19H21NO4/c1-12-6-8-16(9-14(12)3)24-11-18(21)20-17-10-15(19(22)23-4)7-5-13(17)2/h5-10H,11H2,1-4H3,(H,20,21). The lowest BCUT2D eigenvalue weighted by Gasteiger charge is -2.11. The summed E-state index contributed by atoms with van der Waals surface area (Å²) in [5, 5.41) is 2.75. The van der Waals surface area contributed by atoms with Crippen LogP contribution in [0.3, 0.4) is 0 Å². The second-order valence-electron chi connectivity index (χ2n) is 5.60. The largest absolute Gasteiger partial charge is 0.484 e. The van der Waals surface area contributed by atoms with Crippen LogP contribution in [0.4, 0.5) is 5.69 Å². The molecule has 0 heterocycles. The summed E-state index contributed by atoms with van der Waals surface area (Å²) in [6.45, 7) is 5.75. The molecule has 5 heteroatoms. The summed E-state index contributed by atoms with van der Waals surface area (Å²) < 4.78 is 10.2. The first-order valence-corrected chi connectivity index (χ1v) is 7.59. The number of rotatable bonds is 5. The summed E-state index contributed by atoms with van der Waals surface area (Å²) in [6.07, 6.45) is 0. The summed E-state index contributed by atoms with van der Waals surface area (Å²) >= 11 is 0. The van der Waals surface area contributed by atoms with Crippen LogP contribution in [0.5, 0.6) is 5.75 Å². The molecule has 0 fully saturated rings. The molecule has 0 spiro atoms. The van der Waals surface area contributed by atoms with Crippen LogP contribution in [-0.4, -0.2) is 25.6 Å². The highest BCUT2D eigenvalue weighted by atomic mass is 16.5. The Labute approximate surface area is 141 Å². The van der Waals surface area contributed by atoms with E-state index in [9.17, 15) is 9.59 Å². The van der Waals surface area contributed by atoms with Gasteiger partial charge in [0.25, 0.3) is 5.91 Å². The molecule has 0 aliphatic carbocycles. The molecule has 2 rings (SSSR count). The number of methoxy groups -OCH3 is 1. The molecule has 0 saturated heterocycles. The monoisotopic (exact) mass is 327 g/mol. The maximum Gasteiger partial charge on any atom is 0.337 e. The van der Waals surface area contributed by atoms with Gasteiger partial charge < -0.3 is 14.8 Å². The van der Waals surface area contributed by atoms with Crippen LogP contribution >= 0.6 is 0 Å². The summed E-state index contributed by atoms with van der Waals surface area (Å²) in [5.74, 6) is -0.0940. The normalized spacial score (nSPS) is 10.2. The molecule has 0 unspecified atom stereocenters. The molecule has 0 radical (unpaired) electrons. The molecular weight excluding hydrogens is 306 g/mol. The Bertz CT molecular complexity index is 768. The number of hydrogen-bond donors (Lipinski definition) is 1. The van der Waals surface area contributed by atoms with Crippen molar-refractivity contribution in [2.75, 3.05) is 19.0 Å². The molecule has 5 nitrogen and oxygen atoms in total. The molecule has 126 valence electrons. The second-order valence-corrected chi connectivity index (χ2v) is 5.60. The Hall–Kier alpha value is -2.82. The third-order valence-electron chi connectivity index (χ3n) is 3.78. The third kappa shape index (κ3) is 4.35. The van der Waals surface area contributed by atoms with Gasteiger partial charge in [0.05, 0.1) is 12.7 Å². The molecule has 1 N–H and O–H groups in total. The molecule has 24 heavy (non-hydrogen) atoms. The van der Waals surface area contributed by atoms with E-state index in [0.717, 1.165) is 11.1 Å². The number of amides is 1. The van der Waals surface area contributed by atoms with E-state index in [1.54, 1.807) is 18.2 Å². The molecule has 0 atom stereocenters. The minimum absolute atomic E-state index is 0.107. The van der Waals surface area contributed by atoms with Crippen molar-refractivity contribution in [3.63, 3.8) is 0 Å². The Morgan fingerprint density at radius 2 is 1.67 bits per heavy atom. The van der Waals surface area contributed by atoms with E-state index in [-0.39, 0.29) is 12.5 Å². The first kappa shape index (κ1) is 17.5. The fourth-order valence-electron chi connectivity index (χ4n) is 2.14. The van der Waals surface area contributed by atoms with Crippen LogP contribution in [0.1, 0.15) is 27.0 Å². The topological polar surface area (TPSA) is 64.6 Å². The van der Waals surface area contributed by atoms with E-state index in [2.05, 4.69) is 10.1 Å². The summed E-state index contributed by atoms with van der Waals surface area (Å²) in [6, 6.07) is 10.7. The van der Waals surface area contributed by atoms with Gasteiger partial charge in [-0.15, -0.1) is 0 Å². The van der Waals surface area contributed by atoms with Crippen LogP contribution in [0, 0.1) is 20.8 Å². The van der Waals surface area contributed by atoms with E-state index in [4.69, 9.17) is 4.74 Å². The van der Waals surface area contributed by atoms with Gasteiger partial charge in [0.2, 0.25) is 0 Å². The predicted octanol–water partition coefficient (Wildman–Crippen LogP) is 3.42. The fourth-order valence-corrected chi connectivity index (χ4v) is 2.14. The molecule has 0 bridgehead atoms. The van der Waals surface area contributed by atoms with Crippen LogP contribution in [0.25, 0.3) is 0 Å². The first-order valence-electron chi connectivity index (χ1n) is 7.59. The van der Waals surface area contributed by atoms with Gasteiger partial charge in [0, 0.05) is 5.69 Å². The smallest absolute Gasteiger partial charge is 0.337 e. The lowest BCUT2D eigenvalue weighted by atomic mass is 10.1. The number of aryl methyl sites for hydroxylation is 3. The molecule has 0 aliphatic rings. The van der Waals surface area contributed by atoms with Gasteiger partial charge in [-0.2, -0.15) is 0 Å². The van der Waals surface area contributed by atoms with Crippen LogP contribution in [0.2, 0.25) is 0 Å². The van der Waals surface area contributed by atoms with Crippen LogP contribution in [0.15, 0.2) is 36.4 Å². The van der Waals surface area contributed by atoms with E-state index in [1.807, 2.05) is 39.0 Å². The van der Waals surface area contributed by atoms with Crippen molar-refractivity contribution in [2.24, 2.45) is 0 Å². The van der Waals surface area contributed by atoms with Crippen LogP contribution in [-0.2, 0) is 9.53 Å². The summed E-state index contributed by atoms with van der Waals surface area (Å²) in [5.41, 5.74) is 4.07. The molecule has 1 amide bonds. The first-order chi connectivity index (χ1) is 11.4. The lowest BCUT2D eigenvalue weighted by Crippen LogP contribution is -2.21. The quantitative estimate of drug-likeness (QED) is 0.855. The number of carbonyl (C=O) groups excluding carboxylic acids is 2. The minimum Gasteiger partial charge on any atom is -0.484 e. The van der Waals surface area contributed by atoms with Crippen molar-refractivity contribution in [3.05, 3.63) is 58.7 Å². The van der Waals surface area contributed by atoms with E-state index < -0.39 is 5.97 Å². The van der Waals surface area contributed by atoms with E-state index >= 15 is 0 Å². The number of ether oxygens (including phenoxy) is 2. The maximum atomic E-state index is 12.1. The zero-order chi connectivity index (χ0) is 17.7. The average molecular weight is 327 g/mol. The third-order valence-corrected chi connectivity index (χ3v) is 3.78. The van der Waals surface area contributed by atoms with Crippen molar-refractivity contribution in [1.29, 1.82) is 0 Å². The Morgan fingerprint density at radius 3 is 2.33 bits per heavy atom. The van der Waals surface area contributed by atoms with E-state index in [1.165, 1.54) is 12.7 Å². The average Bonchev–Trinajstić information content (AvgIpc) is 2.57. The number of nitrogens with one attached hydrogen (secondary N) is 1. The summed E-state index contributed by atoms with van der Waals surface area (Å²) in [4.78, 5) is 23.7. The van der Waals surface area contributed by atoms with Crippen molar-refractivity contribution in [2.45, 2.75) is 20.8 Å². The fraction of sp³-hybridized carbons (Fsp3) is 0.263. The lowest BCUT2D eigenvalue weighted by molar-refractivity contribution is -0.118. The van der Waals surface area contributed by atoms with Crippen molar-refractivity contribution in [3.8, 4) is 5.75 Å². The molecule has 0 aliphatic heterocycles. The Balaban J connectivity index is 2.01. The van der Waals surface area contributed by atoms with E-state index in [0.29, 0.717) is 17.0 Å². The number of benzene rings is 2.